The Balaban J connectivity index is 0.00000180. The summed E-state index contributed by atoms with van der Waals surface area (Å²) in [5.74, 6) is 0.0415. The zero-order valence-electron chi connectivity index (χ0n) is 10.4. The van der Waals surface area contributed by atoms with Crippen molar-refractivity contribution in [2.24, 2.45) is 5.92 Å². The molecule has 0 radical (unpaired) electrons. The Bertz CT molecular complexity index is 451. The molecule has 1 saturated heterocycles. The molecule has 1 aromatic carbocycles. The number of hydrogen-bond acceptors (Lipinski definition) is 3. The molecule has 1 fully saturated rings. The van der Waals surface area contributed by atoms with Crippen molar-refractivity contribution in [1.82, 2.24) is 5.32 Å². The van der Waals surface area contributed by atoms with Crippen LogP contribution in [0.2, 0.25) is 5.02 Å². The van der Waals surface area contributed by atoms with Crippen LogP contribution in [-0.4, -0.2) is 24.0 Å². The lowest BCUT2D eigenvalue weighted by Crippen LogP contribution is -2.31. The van der Waals surface area contributed by atoms with Gasteiger partial charge >= 0.3 is 0 Å². The van der Waals surface area contributed by atoms with Crippen LogP contribution in [0.25, 0.3) is 5.76 Å². The molecule has 0 atom stereocenters. The van der Waals surface area contributed by atoms with Gasteiger partial charge in [-0.15, -0.1) is 12.4 Å². The van der Waals surface area contributed by atoms with Crippen molar-refractivity contribution in [3.05, 3.63) is 40.9 Å². The molecule has 5 heteroatoms. The van der Waals surface area contributed by atoms with Crippen molar-refractivity contribution in [2.45, 2.75) is 12.8 Å². The summed E-state index contributed by atoms with van der Waals surface area (Å²) in [6.07, 6.45) is 3.01. The Morgan fingerprint density at radius 2 is 1.84 bits per heavy atom. The third-order valence-corrected chi connectivity index (χ3v) is 3.41. The molecule has 104 valence electrons. The number of hydrogen-bond donors (Lipinski definition) is 2. The molecule has 1 heterocycles. The monoisotopic (exact) mass is 301 g/mol. The number of rotatable bonds is 3. The zero-order valence-corrected chi connectivity index (χ0v) is 12.0. The summed E-state index contributed by atoms with van der Waals surface area (Å²) in [5, 5.41) is 13.7. The fraction of sp³-hybridized carbons (Fsp3) is 0.357. The Hall–Kier alpha value is -1.03. The van der Waals surface area contributed by atoms with E-state index in [4.69, 9.17) is 11.6 Å². The first-order chi connectivity index (χ1) is 8.66. The normalized spacial score (nSPS) is 16.8. The smallest absolute Gasteiger partial charge is 0.162 e. The van der Waals surface area contributed by atoms with E-state index in [0.717, 1.165) is 25.9 Å². The highest BCUT2D eigenvalue weighted by Gasteiger charge is 2.19. The van der Waals surface area contributed by atoms with Crippen LogP contribution in [0.15, 0.2) is 30.3 Å². The number of allylic oxidation sites excluding steroid dienone is 1. The highest BCUT2D eigenvalue weighted by molar-refractivity contribution is 6.30. The molecule has 0 bridgehead atoms. The third kappa shape index (κ3) is 4.53. The fourth-order valence-corrected chi connectivity index (χ4v) is 2.19. The molecule has 0 aromatic heterocycles. The minimum Gasteiger partial charge on any atom is -0.507 e. The Labute approximate surface area is 124 Å². The summed E-state index contributed by atoms with van der Waals surface area (Å²) in [7, 11) is 0. The molecule has 2 N–H and O–H groups in total. The number of nitrogens with one attached hydrogen (secondary N) is 1. The summed E-state index contributed by atoms with van der Waals surface area (Å²) >= 11 is 5.77. The predicted octanol–water partition coefficient (Wildman–Crippen LogP) is 3.23. The van der Waals surface area contributed by atoms with Gasteiger partial charge in [-0.05, 0) is 50.2 Å². The standard InChI is InChI=1S/C14H16ClNO2.ClH/c15-12-3-1-10(2-4-12)13(17)9-14(18)11-5-7-16-8-6-11;/h1-4,9,11,16-17H,5-8H2;1H/b13-9-;. The molecule has 0 aliphatic carbocycles. The van der Waals surface area contributed by atoms with Crippen molar-refractivity contribution >= 4 is 35.6 Å². The molecule has 2 rings (SSSR count). The number of benzene rings is 1. The lowest BCUT2D eigenvalue weighted by atomic mass is 9.93. The maximum absolute atomic E-state index is 12.0. The van der Waals surface area contributed by atoms with Crippen LogP contribution in [0.3, 0.4) is 0 Å². The van der Waals surface area contributed by atoms with E-state index in [1.807, 2.05) is 0 Å². The second kappa shape index (κ2) is 7.53. The van der Waals surface area contributed by atoms with Crippen LogP contribution in [0.1, 0.15) is 18.4 Å². The molecule has 1 aliphatic heterocycles. The summed E-state index contributed by atoms with van der Waals surface area (Å²) < 4.78 is 0. The largest absolute Gasteiger partial charge is 0.507 e. The van der Waals surface area contributed by atoms with Gasteiger partial charge in [0.2, 0.25) is 0 Å². The number of piperidine rings is 1. The minimum absolute atomic E-state index is 0. The SMILES string of the molecule is Cl.O=C(/C=C(\O)c1ccc(Cl)cc1)C1CCNCC1. The maximum Gasteiger partial charge on any atom is 0.162 e. The van der Waals surface area contributed by atoms with Gasteiger partial charge in [-0.3, -0.25) is 4.79 Å². The minimum atomic E-state index is 0. The number of halogens is 2. The molecule has 19 heavy (non-hydrogen) atoms. The van der Waals surface area contributed by atoms with E-state index in [1.54, 1.807) is 24.3 Å². The van der Waals surface area contributed by atoms with Crippen molar-refractivity contribution < 1.29 is 9.90 Å². The number of aliphatic hydroxyl groups excluding tert-OH is 1. The number of aliphatic hydroxyl groups is 1. The van der Waals surface area contributed by atoms with Gasteiger partial charge in [-0.1, -0.05) is 11.6 Å². The molecule has 0 amide bonds. The molecular weight excluding hydrogens is 285 g/mol. The molecule has 0 saturated carbocycles. The van der Waals surface area contributed by atoms with Crippen LogP contribution in [-0.2, 0) is 4.79 Å². The lowest BCUT2D eigenvalue weighted by molar-refractivity contribution is -0.118. The van der Waals surface area contributed by atoms with E-state index in [1.165, 1.54) is 6.08 Å². The first-order valence-electron chi connectivity index (χ1n) is 6.08. The Morgan fingerprint density at radius 1 is 1.26 bits per heavy atom. The summed E-state index contributed by atoms with van der Waals surface area (Å²) in [5.41, 5.74) is 0.613. The summed E-state index contributed by atoms with van der Waals surface area (Å²) in [6.45, 7) is 1.73. The molecule has 0 spiro atoms. The highest BCUT2D eigenvalue weighted by Crippen LogP contribution is 2.18. The van der Waals surface area contributed by atoms with Crippen molar-refractivity contribution in [1.29, 1.82) is 0 Å². The van der Waals surface area contributed by atoms with Crippen molar-refractivity contribution in [3.8, 4) is 0 Å². The molecule has 0 unspecified atom stereocenters. The molecular formula is C14H17Cl2NO2. The highest BCUT2D eigenvalue weighted by atomic mass is 35.5. The average molecular weight is 302 g/mol. The average Bonchev–Trinajstić information content (AvgIpc) is 2.40. The Kier molecular flexibility index (Phi) is 6.35. The van der Waals surface area contributed by atoms with Gasteiger partial charge in [0.25, 0.3) is 0 Å². The van der Waals surface area contributed by atoms with E-state index < -0.39 is 0 Å². The van der Waals surface area contributed by atoms with E-state index in [-0.39, 0.29) is 29.9 Å². The second-order valence-corrected chi connectivity index (χ2v) is 4.90. The van der Waals surface area contributed by atoms with E-state index in [2.05, 4.69) is 5.32 Å². The lowest BCUT2D eigenvalue weighted by Gasteiger charge is -2.20. The summed E-state index contributed by atoms with van der Waals surface area (Å²) in [6, 6.07) is 6.78. The van der Waals surface area contributed by atoms with Gasteiger partial charge in [0.1, 0.15) is 5.76 Å². The fourth-order valence-electron chi connectivity index (χ4n) is 2.06. The van der Waals surface area contributed by atoms with E-state index >= 15 is 0 Å². The van der Waals surface area contributed by atoms with E-state index in [0.29, 0.717) is 10.6 Å². The van der Waals surface area contributed by atoms with Crippen LogP contribution in [0.4, 0.5) is 0 Å². The van der Waals surface area contributed by atoms with Gasteiger partial charge in [-0.2, -0.15) is 0 Å². The quantitative estimate of drug-likeness (QED) is 0.666. The van der Waals surface area contributed by atoms with Gasteiger partial charge in [0.05, 0.1) is 0 Å². The predicted molar refractivity (Wildman–Crippen MR) is 79.9 cm³/mol. The molecule has 1 aromatic rings. The second-order valence-electron chi connectivity index (χ2n) is 4.46. The molecule has 3 nitrogen and oxygen atoms in total. The Morgan fingerprint density at radius 3 is 2.42 bits per heavy atom. The third-order valence-electron chi connectivity index (χ3n) is 3.16. The first kappa shape index (κ1) is 16.0. The zero-order chi connectivity index (χ0) is 13.0. The number of carbonyl (C=O) groups is 1. The summed E-state index contributed by atoms with van der Waals surface area (Å²) in [4.78, 5) is 12.0. The number of ketones is 1. The van der Waals surface area contributed by atoms with Gasteiger partial charge in [0.15, 0.2) is 5.78 Å². The van der Waals surface area contributed by atoms with Gasteiger partial charge in [0, 0.05) is 22.6 Å². The first-order valence-corrected chi connectivity index (χ1v) is 6.46. The van der Waals surface area contributed by atoms with Crippen LogP contribution in [0.5, 0.6) is 0 Å². The molecule has 1 aliphatic rings. The van der Waals surface area contributed by atoms with Crippen molar-refractivity contribution in [2.75, 3.05) is 13.1 Å². The maximum atomic E-state index is 12.0. The van der Waals surface area contributed by atoms with Crippen LogP contribution < -0.4 is 5.32 Å². The van der Waals surface area contributed by atoms with E-state index in [9.17, 15) is 9.90 Å². The topological polar surface area (TPSA) is 49.3 Å². The number of carbonyl (C=O) groups excluding carboxylic acids is 1. The van der Waals surface area contributed by atoms with Gasteiger partial charge < -0.3 is 10.4 Å². The van der Waals surface area contributed by atoms with Crippen LogP contribution in [0, 0.1) is 5.92 Å². The van der Waals surface area contributed by atoms with Crippen molar-refractivity contribution in [3.63, 3.8) is 0 Å². The van der Waals surface area contributed by atoms with Crippen LogP contribution >= 0.6 is 24.0 Å². The van der Waals surface area contributed by atoms with Gasteiger partial charge in [-0.25, -0.2) is 0 Å².